The van der Waals surface area contributed by atoms with E-state index in [1.54, 1.807) is 31.5 Å². The summed E-state index contributed by atoms with van der Waals surface area (Å²) in [4.78, 5) is 40.5. The standard InChI is InChI=1S/C27H24N2O7/c1-12-6-21-24(25-23(12)13(2)11-35-25)14(3)17(27(34)36-21)9-22(31)29-20(26(32)33)7-15-10-28-19-5-4-16(30)8-18(15)19/h4-6,8,10-11,20,28,30H,7,9H2,1-3H3,(H,29,31)(H,32,33)/p-1/t20-/m1/s1. The molecule has 1 atom stereocenters. The molecule has 1 amide bonds. The summed E-state index contributed by atoms with van der Waals surface area (Å²) in [5.74, 6) is -2.10. The van der Waals surface area contributed by atoms with E-state index in [9.17, 15) is 24.6 Å². The van der Waals surface area contributed by atoms with Crippen molar-refractivity contribution >= 4 is 44.7 Å². The van der Waals surface area contributed by atoms with Crippen LogP contribution in [0.1, 0.15) is 27.8 Å². The molecule has 0 bridgehead atoms. The summed E-state index contributed by atoms with van der Waals surface area (Å²) in [6.45, 7) is 5.53. The average Bonchev–Trinajstić information content (AvgIpc) is 3.39. The first kappa shape index (κ1) is 23.2. The van der Waals surface area contributed by atoms with Gasteiger partial charge in [0.05, 0.1) is 35.6 Å². The number of carboxylic acid groups (broad SMARTS) is 1. The Morgan fingerprint density at radius 2 is 1.92 bits per heavy atom. The van der Waals surface area contributed by atoms with Crippen LogP contribution in [0.3, 0.4) is 0 Å². The first-order valence-electron chi connectivity index (χ1n) is 11.4. The Bertz CT molecular complexity index is 1740. The van der Waals surface area contributed by atoms with Crippen LogP contribution in [0.25, 0.3) is 32.8 Å². The number of amides is 1. The predicted octanol–water partition coefficient (Wildman–Crippen LogP) is 2.67. The van der Waals surface area contributed by atoms with Gasteiger partial charge in [0.15, 0.2) is 0 Å². The minimum atomic E-state index is -1.47. The molecule has 0 unspecified atom stereocenters. The fraction of sp³-hybridized carbons (Fsp3) is 0.222. The van der Waals surface area contributed by atoms with Crippen LogP contribution in [0.15, 0.2) is 50.4 Å². The Morgan fingerprint density at radius 3 is 2.67 bits per heavy atom. The first-order valence-corrected chi connectivity index (χ1v) is 11.4. The lowest BCUT2D eigenvalue weighted by Gasteiger charge is -2.20. The molecule has 3 aromatic heterocycles. The number of carboxylic acids is 1. The second-order valence-corrected chi connectivity index (χ2v) is 9.05. The van der Waals surface area contributed by atoms with E-state index in [1.165, 1.54) is 12.1 Å². The van der Waals surface area contributed by atoms with Crippen LogP contribution >= 0.6 is 0 Å². The third-order valence-corrected chi connectivity index (χ3v) is 6.60. The molecule has 0 saturated carbocycles. The monoisotopic (exact) mass is 487 g/mol. The topological polar surface area (TPSA) is 149 Å². The molecule has 0 radical (unpaired) electrons. The Kier molecular flexibility index (Phi) is 5.55. The number of rotatable bonds is 6. The summed E-state index contributed by atoms with van der Waals surface area (Å²) >= 11 is 0. The van der Waals surface area contributed by atoms with Gasteiger partial charge in [0.25, 0.3) is 0 Å². The van der Waals surface area contributed by atoms with Crippen molar-refractivity contribution in [2.75, 3.05) is 0 Å². The number of aliphatic carboxylic acids is 1. The lowest BCUT2D eigenvalue weighted by molar-refractivity contribution is -0.308. The SMILES string of the molecule is Cc1coc2c1c(C)cc1oc(=O)c(CC(=O)N[C@H](Cc3c[nH]c4ccc(O)cc34)C(=O)[O-])c(C)c12. The molecular formula is C27H23N2O7-. The molecule has 184 valence electrons. The number of furan rings is 1. The highest BCUT2D eigenvalue weighted by atomic mass is 16.4. The van der Waals surface area contributed by atoms with Gasteiger partial charge in [-0.2, -0.15) is 0 Å². The highest BCUT2D eigenvalue weighted by Gasteiger charge is 2.22. The second-order valence-electron chi connectivity index (χ2n) is 9.05. The van der Waals surface area contributed by atoms with Gasteiger partial charge in [-0.1, -0.05) is 0 Å². The van der Waals surface area contributed by atoms with Gasteiger partial charge in [0, 0.05) is 28.9 Å². The molecule has 9 nitrogen and oxygen atoms in total. The maximum absolute atomic E-state index is 12.9. The quantitative estimate of drug-likeness (QED) is 0.312. The number of carbonyl (C=O) groups excluding carboxylic acids is 2. The number of fused-ring (bicyclic) bond motifs is 4. The van der Waals surface area contributed by atoms with Crippen LogP contribution in [-0.2, 0) is 22.4 Å². The zero-order chi connectivity index (χ0) is 25.7. The molecule has 2 aromatic carbocycles. The van der Waals surface area contributed by atoms with Crippen molar-refractivity contribution in [1.82, 2.24) is 10.3 Å². The summed E-state index contributed by atoms with van der Waals surface area (Å²) in [5, 5.41) is 26.2. The van der Waals surface area contributed by atoms with Crippen LogP contribution in [0.2, 0.25) is 0 Å². The molecule has 5 aromatic rings. The first-order chi connectivity index (χ1) is 17.1. The van der Waals surface area contributed by atoms with Crippen LogP contribution in [0.5, 0.6) is 5.75 Å². The third kappa shape index (κ3) is 3.88. The number of hydrogen-bond acceptors (Lipinski definition) is 7. The fourth-order valence-electron chi connectivity index (χ4n) is 4.83. The van der Waals surface area contributed by atoms with Crippen molar-refractivity contribution in [3.8, 4) is 5.75 Å². The lowest BCUT2D eigenvalue weighted by atomic mass is 9.98. The number of aromatic nitrogens is 1. The minimum Gasteiger partial charge on any atom is -0.548 e. The smallest absolute Gasteiger partial charge is 0.340 e. The van der Waals surface area contributed by atoms with E-state index in [0.717, 1.165) is 16.5 Å². The van der Waals surface area contributed by atoms with E-state index in [4.69, 9.17) is 8.83 Å². The Balaban J connectivity index is 1.45. The van der Waals surface area contributed by atoms with E-state index in [0.29, 0.717) is 38.6 Å². The van der Waals surface area contributed by atoms with E-state index < -0.39 is 23.5 Å². The molecule has 0 aliphatic heterocycles. The molecule has 0 saturated heterocycles. The van der Waals surface area contributed by atoms with Crippen LogP contribution in [0, 0.1) is 20.8 Å². The maximum Gasteiger partial charge on any atom is 0.340 e. The fourth-order valence-corrected chi connectivity index (χ4v) is 4.83. The van der Waals surface area contributed by atoms with Crippen molar-refractivity contribution in [3.63, 3.8) is 0 Å². The number of nitrogens with one attached hydrogen (secondary N) is 2. The highest BCUT2D eigenvalue weighted by Crippen LogP contribution is 2.34. The third-order valence-electron chi connectivity index (χ3n) is 6.60. The highest BCUT2D eigenvalue weighted by molar-refractivity contribution is 6.07. The van der Waals surface area contributed by atoms with Gasteiger partial charge in [0.2, 0.25) is 5.91 Å². The molecule has 9 heteroatoms. The zero-order valence-corrected chi connectivity index (χ0v) is 19.9. The molecule has 36 heavy (non-hydrogen) atoms. The second kappa shape index (κ2) is 8.60. The number of phenols is 1. The number of aromatic hydroxyl groups is 1. The summed E-state index contributed by atoms with van der Waals surface area (Å²) in [6, 6.07) is 5.11. The Labute approximate surface area is 204 Å². The van der Waals surface area contributed by atoms with E-state index in [2.05, 4.69) is 10.3 Å². The Hall–Kier alpha value is -4.53. The molecule has 3 N–H and O–H groups in total. The van der Waals surface area contributed by atoms with Gasteiger partial charge >= 0.3 is 5.63 Å². The number of carbonyl (C=O) groups is 2. The summed E-state index contributed by atoms with van der Waals surface area (Å²) < 4.78 is 11.3. The lowest BCUT2D eigenvalue weighted by Crippen LogP contribution is -2.49. The number of hydrogen-bond donors (Lipinski definition) is 3. The zero-order valence-electron chi connectivity index (χ0n) is 19.9. The summed E-state index contributed by atoms with van der Waals surface area (Å²) in [7, 11) is 0. The Morgan fingerprint density at radius 1 is 1.14 bits per heavy atom. The molecule has 0 aliphatic rings. The number of aryl methyl sites for hydroxylation is 3. The number of phenolic OH excluding ortho intramolecular Hbond substituents is 1. The van der Waals surface area contributed by atoms with Gasteiger partial charge in [-0.3, -0.25) is 4.79 Å². The van der Waals surface area contributed by atoms with Crippen molar-refractivity contribution in [2.24, 2.45) is 0 Å². The van der Waals surface area contributed by atoms with Gasteiger partial charge in [-0.25, -0.2) is 4.79 Å². The summed E-state index contributed by atoms with van der Waals surface area (Å²) in [6.07, 6.45) is 2.79. The van der Waals surface area contributed by atoms with Crippen molar-refractivity contribution in [1.29, 1.82) is 0 Å². The largest absolute Gasteiger partial charge is 0.548 e. The van der Waals surface area contributed by atoms with Crippen LogP contribution in [0.4, 0.5) is 0 Å². The number of aromatic amines is 1. The van der Waals surface area contributed by atoms with Crippen molar-refractivity contribution in [3.05, 3.63) is 75.0 Å². The van der Waals surface area contributed by atoms with Gasteiger partial charge in [0.1, 0.15) is 16.9 Å². The molecule has 3 heterocycles. The average molecular weight is 487 g/mol. The van der Waals surface area contributed by atoms with E-state index in [-0.39, 0.29) is 24.2 Å². The van der Waals surface area contributed by atoms with Crippen molar-refractivity contribution in [2.45, 2.75) is 39.7 Å². The van der Waals surface area contributed by atoms with E-state index >= 15 is 0 Å². The number of benzene rings is 2. The maximum atomic E-state index is 12.9. The number of H-pyrrole nitrogens is 1. The predicted molar refractivity (Wildman–Crippen MR) is 131 cm³/mol. The molecule has 0 spiro atoms. The normalized spacial score (nSPS) is 12.4. The van der Waals surface area contributed by atoms with Gasteiger partial charge in [-0.15, -0.1) is 0 Å². The van der Waals surface area contributed by atoms with Gasteiger partial charge < -0.3 is 34.1 Å². The van der Waals surface area contributed by atoms with Crippen LogP contribution in [-0.4, -0.2) is 28.0 Å². The van der Waals surface area contributed by atoms with Crippen LogP contribution < -0.4 is 16.0 Å². The minimum absolute atomic E-state index is 0.0342. The molecule has 0 aliphatic carbocycles. The molecular weight excluding hydrogens is 464 g/mol. The summed E-state index contributed by atoms with van der Waals surface area (Å²) in [5.41, 5.74) is 4.05. The van der Waals surface area contributed by atoms with Gasteiger partial charge in [-0.05, 0) is 67.3 Å². The molecule has 5 rings (SSSR count). The molecule has 0 fully saturated rings. The van der Waals surface area contributed by atoms with E-state index in [1.807, 2.05) is 13.8 Å². The van der Waals surface area contributed by atoms with Crippen molar-refractivity contribution < 1.29 is 28.6 Å².